The lowest BCUT2D eigenvalue weighted by Gasteiger charge is -2.13. The molecule has 2 atom stereocenters. The highest BCUT2D eigenvalue weighted by Gasteiger charge is 2.31. The monoisotopic (exact) mass is 503 g/mol. The highest BCUT2D eigenvalue weighted by molar-refractivity contribution is 6.33. The Morgan fingerprint density at radius 1 is 1.44 bits per heavy atom. The number of imidazole rings is 1. The Bertz CT molecular complexity index is 1170. The number of nitrogens with one attached hydrogen (secondary N) is 3. The molecule has 34 heavy (non-hydrogen) atoms. The summed E-state index contributed by atoms with van der Waals surface area (Å²) in [6, 6.07) is 1.65. The number of nitrogens with zero attached hydrogens (tertiary/aromatic N) is 4. The maximum atomic E-state index is 12.4. The van der Waals surface area contributed by atoms with Crippen molar-refractivity contribution in [3.63, 3.8) is 0 Å². The number of halogens is 4. The summed E-state index contributed by atoms with van der Waals surface area (Å²) in [7, 11) is 0. The molecule has 4 rings (SSSR count). The van der Waals surface area contributed by atoms with E-state index < -0.39 is 25.2 Å². The molecule has 0 aromatic carbocycles. The third-order valence-electron chi connectivity index (χ3n) is 4.71. The zero-order valence-electron chi connectivity index (χ0n) is 18.0. The SMILES string of the molecule is CC(C)NC(=O)O[C@@H]1CO[C@H](c2cc(Nc3ncc(Cl)c4nc(COC(F)(F)F)cn34)n[nH]2)C1. The largest absolute Gasteiger partial charge is 0.522 e. The molecule has 3 aromatic rings. The second-order valence-electron chi connectivity index (χ2n) is 7.81. The van der Waals surface area contributed by atoms with E-state index in [4.69, 9.17) is 21.1 Å². The lowest BCUT2D eigenvalue weighted by molar-refractivity contribution is -0.330. The molecule has 0 aliphatic carbocycles. The summed E-state index contributed by atoms with van der Waals surface area (Å²) >= 11 is 6.09. The Kier molecular flexibility index (Phi) is 6.81. The average Bonchev–Trinajstić information content (AvgIpc) is 3.47. The number of hydrogen-bond donors (Lipinski definition) is 3. The van der Waals surface area contributed by atoms with Gasteiger partial charge in [-0.1, -0.05) is 11.6 Å². The van der Waals surface area contributed by atoms with Crippen molar-refractivity contribution in [2.75, 3.05) is 11.9 Å². The van der Waals surface area contributed by atoms with Crippen LogP contribution in [0.1, 0.15) is 37.8 Å². The number of aromatic amines is 1. The van der Waals surface area contributed by atoms with Crippen LogP contribution in [0.25, 0.3) is 5.65 Å². The van der Waals surface area contributed by atoms with E-state index in [1.165, 1.54) is 16.8 Å². The molecule has 3 N–H and O–H groups in total. The second kappa shape index (κ2) is 9.64. The molecular formula is C19H21ClF3N7O4. The zero-order chi connectivity index (χ0) is 24.5. The van der Waals surface area contributed by atoms with E-state index in [2.05, 4.69) is 35.5 Å². The van der Waals surface area contributed by atoms with Crippen LogP contribution in [-0.2, 0) is 20.8 Å². The van der Waals surface area contributed by atoms with Crippen LogP contribution >= 0.6 is 11.6 Å². The number of anilines is 2. The van der Waals surface area contributed by atoms with E-state index in [1.54, 1.807) is 6.07 Å². The van der Waals surface area contributed by atoms with Crippen LogP contribution in [0.3, 0.4) is 0 Å². The first kappa shape index (κ1) is 24.0. The van der Waals surface area contributed by atoms with E-state index in [9.17, 15) is 18.0 Å². The quantitative estimate of drug-likeness (QED) is 0.443. The smallest absolute Gasteiger partial charge is 0.444 e. The van der Waals surface area contributed by atoms with Gasteiger partial charge in [0.2, 0.25) is 5.95 Å². The minimum Gasteiger partial charge on any atom is -0.444 e. The Balaban J connectivity index is 1.43. The topological polar surface area (TPSA) is 128 Å². The van der Waals surface area contributed by atoms with Gasteiger partial charge in [0, 0.05) is 24.7 Å². The van der Waals surface area contributed by atoms with Gasteiger partial charge in [0.05, 0.1) is 30.8 Å². The van der Waals surface area contributed by atoms with Gasteiger partial charge in [0.25, 0.3) is 0 Å². The third-order valence-corrected chi connectivity index (χ3v) is 4.97. The second-order valence-corrected chi connectivity index (χ2v) is 8.21. The van der Waals surface area contributed by atoms with Gasteiger partial charge in [0.15, 0.2) is 11.5 Å². The molecule has 1 fully saturated rings. The molecule has 0 radical (unpaired) electrons. The first-order chi connectivity index (χ1) is 16.1. The number of hydrogen-bond acceptors (Lipinski definition) is 8. The molecule has 0 bridgehead atoms. The fourth-order valence-electron chi connectivity index (χ4n) is 3.31. The van der Waals surface area contributed by atoms with Gasteiger partial charge in [-0.3, -0.25) is 14.2 Å². The van der Waals surface area contributed by atoms with E-state index in [0.29, 0.717) is 17.9 Å². The van der Waals surface area contributed by atoms with Gasteiger partial charge < -0.3 is 20.1 Å². The van der Waals surface area contributed by atoms with Crippen molar-refractivity contribution in [3.05, 3.63) is 34.9 Å². The molecule has 3 aromatic heterocycles. The van der Waals surface area contributed by atoms with Crippen molar-refractivity contribution in [2.24, 2.45) is 0 Å². The third kappa shape index (κ3) is 5.87. The van der Waals surface area contributed by atoms with E-state index >= 15 is 0 Å². The summed E-state index contributed by atoms with van der Waals surface area (Å²) in [4.78, 5) is 20.0. The molecule has 184 valence electrons. The number of rotatable bonds is 7. The first-order valence-corrected chi connectivity index (χ1v) is 10.6. The number of carbonyl (C=O) groups is 1. The van der Waals surface area contributed by atoms with Crippen molar-refractivity contribution in [2.45, 2.75) is 51.5 Å². The summed E-state index contributed by atoms with van der Waals surface area (Å²) in [6.45, 7) is 3.14. The highest BCUT2D eigenvalue weighted by atomic mass is 35.5. The van der Waals surface area contributed by atoms with Crippen molar-refractivity contribution < 1.29 is 32.2 Å². The van der Waals surface area contributed by atoms with Crippen LogP contribution in [-0.4, -0.2) is 55.8 Å². The Morgan fingerprint density at radius 2 is 2.24 bits per heavy atom. The molecule has 11 nitrogen and oxygen atoms in total. The van der Waals surface area contributed by atoms with Crippen LogP contribution in [0, 0.1) is 0 Å². The molecule has 1 aliphatic heterocycles. The van der Waals surface area contributed by atoms with Crippen molar-refractivity contribution in [1.82, 2.24) is 29.9 Å². The van der Waals surface area contributed by atoms with Gasteiger partial charge in [-0.15, -0.1) is 13.2 Å². The summed E-state index contributed by atoms with van der Waals surface area (Å²) in [5.74, 6) is 0.598. The fraction of sp³-hybridized carbons (Fsp3) is 0.474. The fourth-order valence-corrected chi connectivity index (χ4v) is 3.49. The number of ether oxygens (including phenoxy) is 3. The standard InChI is InChI=1S/C19H21ClF3N7O4/c1-9(2)25-18(31)34-11-3-14(32-8-11)13-4-15(29-28-13)27-17-24-5-12(20)16-26-10(6-30(16)17)7-33-19(21,22)23/h4-6,9,11,14H,3,7-8H2,1-2H3,(H,25,31)(H2,24,27,28,29)/t11-,14-/m0/s1. The Hall–Kier alpha value is -3.10. The summed E-state index contributed by atoms with van der Waals surface area (Å²) in [6.07, 6.45) is -2.95. The summed E-state index contributed by atoms with van der Waals surface area (Å²) < 4.78 is 53.3. The number of alkyl carbamates (subject to hydrolysis) is 1. The van der Waals surface area contributed by atoms with Gasteiger partial charge in [-0.2, -0.15) is 5.10 Å². The maximum absolute atomic E-state index is 12.4. The first-order valence-electron chi connectivity index (χ1n) is 10.2. The number of alkyl halides is 3. The van der Waals surface area contributed by atoms with E-state index in [1.807, 2.05) is 13.8 Å². The molecular weight excluding hydrogens is 483 g/mol. The molecule has 4 heterocycles. The molecule has 1 amide bonds. The lowest BCUT2D eigenvalue weighted by Crippen LogP contribution is -2.33. The van der Waals surface area contributed by atoms with Gasteiger partial charge >= 0.3 is 12.5 Å². The zero-order valence-corrected chi connectivity index (χ0v) is 18.8. The highest BCUT2D eigenvalue weighted by Crippen LogP contribution is 2.31. The normalized spacial score (nSPS) is 18.6. The summed E-state index contributed by atoms with van der Waals surface area (Å²) in [5.41, 5.74) is 0.868. The number of carbonyl (C=O) groups excluding carboxylic acids is 1. The molecule has 15 heteroatoms. The molecule has 1 saturated heterocycles. The van der Waals surface area contributed by atoms with Gasteiger partial charge in [-0.25, -0.2) is 14.8 Å². The van der Waals surface area contributed by atoms with Crippen molar-refractivity contribution >= 4 is 35.1 Å². The van der Waals surface area contributed by atoms with Gasteiger partial charge in [0.1, 0.15) is 17.2 Å². The van der Waals surface area contributed by atoms with Crippen molar-refractivity contribution in [1.29, 1.82) is 0 Å². The van der Waals surface area contributed by atoms with Crippen LogP contribution in [0.5, 0.6) is 0 Å². The number of fused-ring (bicyclic) bond motifs is 1. The predicted octanol–water partition coefficient (Wildman–Crippen LogP) is 3.85. The van der Waals surface area contributed by atoms with Gasteiger partial charge in [-0.05, 0) is 13.8 Å². The number of aromatic nitrogens is 5. The molecule has 0 saturated carbocycles. The number of H-pyrrole nitrogens is 1. The van der Waals surface area contributed by atoms with Crippen molar-refractivity contribution in [3.8, 4) is 0 Å². The summed E-state index contributed by atoms with van der Waals surface area (Å²) in [5, 5.41) is 12.8. The Morgan fingerprint density at radius 3 is 2.97 bits per heavy atom. The molecule has 1 aliphatic rings. The molecule has 0 unspecified atom stereocenters. The van der Waals surface area contributed by atoms with E-state index in [0.717, 1.165) is 0 Å². The minimum absolute atomic E-state index is 0.0184. The van der Waals surface area contributed by atoms with Crippen LogP contribution in [0.15, 0.2) is 18.5 Å². The van der Waals surface area contributed by atoms with Crippen LogP contribution in [0.2, 0.25) is 5.02 Å². The lowest BCUT2D eigenvalue weighted by atomic mass is 10.1. The minimum atomic E-state index is -4.78. The Labute approximate surface area is 195 Å². The van der Waals surface area contributed by atoms with Crippen LogP contribution < -0.4 is 10.6 Å². The number of amides is 1. The van der Waals surface area contributed by atoms with E-state index in [-0.39, 0.29) is 41.1 Å². The predicted molar refractivity (Wildman–Crippen MR) is 113 cm³/mol. The van der Waals surface area contributed by atoms with Crippen LogP contribution in [0.4, 0.5) is 29.7 Å². The maximum Gasteiger partial charge on any atom is 0.522 e. The molecule has 0 spiro atoms. The average molecular weight is 504 g/mol.